The lowest BCUT2D eigenvalue weighted by Crippen LogP contribution is -2.58. The third-order valence-corrected chi connectivity index (χ3v) is 4.06. The van der Waals surface area contributed by atoms with E-state index in [0.29, 0.717) is 18.0 Å². The lowest BCUT2D eigenvalue weighted by Gasteiger charge is -2.41. The molecular formula is C15H26N2O. The Labute approximate surface area is 111 Å². The van der Waals surface area contributed by atoms with E-state index < -0.39 is 0 Å². The summed E-state index contributed by atoms with van der Waals surface area (Å²) in [6.45, 7) is 10.3. The summed E-state index contributed by atoms with van der Waals surface area (Å²) >= 11 is 0. The normalized spacial score (nSPS) is 25.8. The van der Waals surface area contributed by atoms with E-state index in [1.165, 1.54) is 6.42 Å². The molecule has 0 bridgehead atoms. The molecule has 2 atom stereocenters. The van der Waals surface area contributed by atoms with Crippen molar-refractivity contribution >= 4 is 0 Å². The summed E-state index contributed by atoms with van der Waals surface area (Å²) in [4.78, 5) is 2.63. The molecule has 1 N–H and O–H groups in total. The Morgan fingerprint density at radius 3 is 2.94 bits per heavy atom. The average Bonchev–Trinajstić information content (AvgIpc) is 2.89. The summed E-state index contributed by atoms with van der Waals surface area (Å²) in [5.41, 5.74) is 0. The standard InChI is InChI=1S/C15H26N2O/c1-4-13-10-16-15(12(2)3)11-17(13)8-7-14-6-5-9-18-14/h5-6,9,12-13,15-16H,4,7-8,10-11H2,1-3H3. The summed E-state index contributed by atoms with van der Waals surface area (Å²) in [5.74, 6) is 1.80. The molecule has 0 saturated carbocycles. The monoisotopic (exact) mass is 250 g/mol. The van der Waals surface area contributed by atoms with Gasteiger partial charge in [0, 0.05) is 38.1 Å². The quantitative estimate of drug-likeness (QED) is 0.870. The third-order valence-electron chi connectivity index (χ3n) is 4.06. The van der Waals surface area contributed by atoms with E-state index in [4.69, 9.17) is 4.42 Å². The van der Waals surface area contributed by atoms with Gasteiger partial charge in [-0.15, -0.1) is 0 Å². The summed E-state index contributed by atoms with van der Waals surface area (Å²) in [6, 6.07) is 5.35. The largest absolute Gasteiger partial charge is 0.469 e. The second-order valence-electron chi connectivity index (χ2n) is 5.65. The van der Waals surface area contributed by atoms with Crippen molar-refractivity contribution in [3.63, 3.8) is 0 Å². The smallest absolute Gasteiger partial charge is 0.105 e. The Bertz CT molecular complexity index is 334. The van der Waals surface area contributed by atoms with Crippen molar-refractivity contribution in [3.8, 4) is 0 Å². The van der Waals surface area contributed by atoms with Crippen LogP contribution in [0.25, 0.3) is 0 Å². The lowest BCUT2D eigenvalue weighted by molar-refractivity contribution is 0.110. The molecule has 2 rings (SSSR count). The number of hydrogen-bond acceptors (Lipinski definition) is 3. The van der Waals surface area contributed by atoms with Crippen molar-refractivity contribution in [2.75, 3.05) is 19.6 Å². The van der Waals surface area contributed by atoms with Gasteiger partial charge in [-0.25, -0.2) is 0 Å². The Morgan fingerprint density at radius 1 is 1.50 bits per heavy atom. The van der Waals surface area contributed by atoms with Crippen LogP contribution in [0.3, 0.4) is 0 Å². The van der Waals surface area contributed by atoms with Crippen LogP contribution in [0.5, 0.6) is 0 Å². The minimum atomic E-state index is 0.629. The zero-order valence-corrected chi connectivity index (χ0v) is 11.9. The van der Waals surface area contributed by atoms with Crippen LogP contribution in [0.2, 0.25) is 0 Å². The molecule has 0 spiro atoms. The molecule has 0 amide bonds. The van der Waals surface area contributed by atoms with E-state index in [2.05, 4.69) is 37.1 Å². The number of rotatable bonds is 5. The summed E-state index contributed by atoms with van der Waals surface area (Å²) in [5, 5.41) is 3.68. The van der Waals surface area contributed by atoms with E-state index in [1.807, 2.05) is 6.07 Å². The molecule has 0 aliphatic carbocycles. The van der Waals surface area contributed by atoms with Gasteiger partial charge < -0.3 is 9.73 Å². The van der Waals surface area contributed by atoms with Gasteiger partial charge in [-0.3, -0.25) is 4.90 Å². The van der Waals surface area contributed by atoms with Crippen LogP contribution in [-0.2, 0) is 6.42 Å². The van der Waals surface area contributed by atoms with Gasteiger partial charge in [0.05, 0.1) is 6.26 Å². The third kappa shape index (κ3) is 3.36. The summed E-state index contributed by atoms with van der Waals surface area (Å²) in [7, 11) is 0. The van der Waals surface area contributed by atoms with Gasteiger partial charge >= 0.3 is 0 Å². The maximum Gasteiger partial charge on any atom is 0.105 e. The zero-order valence-electron chi connectivity index (χ0n) is 11.9. The molecule has 1 aromatic heterocycles. The molecular weight excluding hydrogens is 224 g/mol. The Morgan fingerprint density at radius 2 is 2.33 bits per heavy atom. The van der Waals surface area contributed by atoms with Crippen LogP contribution in [0.4, 0.5) is 0 Å². The van der Waals surface area contributed by atoms with Gasteiger partial charge in [-0.05, 0) is 24.5 Å². The first-order valence-electron chi connectivity index (χ1n) is 7.20. The highest BCUT2D eigenvalue weighted by molar-refractivity contribution is 4.99. The summed E-state index contributed by atoms with van der Waals surface area (Å²) < 4.78 is 5.43. The molecule has 18 heavy (non-hydrogen) atoms. The van der Waals surface area contributed by atoms with Crippen molar-refractivity contribution in [3.05, 3.63) is 24.2 Å². The number of furan rings is 1. The van der Waals surface area contributed by atoms with Gasteiger partial charge in [0.2, 0.25) is 0 Å². The maximum atomic E-state index is 5.43. The molecule has 1 fully saturated rings. The first-order valence-corrected chi connectivity index (χ1v) is 7.20. The second kappa shape index (κ2) is 6.39. The predicted octanol–water partition coefficient (Wildman–Crippen LogP) is 2.53. The van der Waals surface area contributed by atoms with Gasteiger partial charge in [0.25, 0.3) is 0 Å². The van der Waals surface area contributed by atoms with Crippen LogP contribution < -0.4 is 5.32 Å². The second-order valence-corrected chi connectivity index (χ2v) is 5.65. The summed E-state index contributed by atoms with van der Waals surface area (Å²) in [6.07, 6.45) is 4.01. The SMILES string of the molecule is CCC1CNC(C(C)C)CN1CCc1ccco1. The molecule has 2 heterocycles. The molecule has 2 unspecified atom stereocenters. The van der Waals surface area contributed by atoms with Crippen LogP contribution in [0.1, 0.15) is 33.0 Å². The molecule has 102 valence electrons. The van der Waals surface area contributed by atoms with Crippen molar-refractivity contribution in [1.29, 1.82) is 0 Å². The van der Waals surface area contributed by atoms with Crippen molar-refractivity contribution < 1.29 is 4.42 Å². The van der Waals surface area contributed by atoms with Crippen LogP contribution in [-0.4, -0.2) is 36.6 Å². The van der Waals surface area contributed by atoms with Gasteiger partial charge in [-0.1, -0.05) is 20.8 Å². The minimum absolute atomic E-state index is 0.629. The average molecular weight is 250 g/mol. The van der Waals surface area contributed by atoms with E-state index in [1.54, 1.807) is 6.26 Å². The minimum Gasteiger partial charge on any atom is -0.469 e. The predicted molar refractivity (Wildman–Crippen MR) is 74.7 cm³/mol. The Hall–Kier alpha value is -0.800. The fourth-order valence-corrected chi connectivity index (χ4v) is 2.71. The number of piperazine rings is 1. The fraction of sp³-hybridized carbons (Fsp3) is 0.733. The van der Waals surface area contributed by atoms with Crippen LogP contribution >= 0.6 is 0 Å². The van der Waals surface area contributed by atoms with Crippen molar-refractivity contribution in [2.45, 2.75) is 45.7 Å². The number of nitrogens with one attached hydrogen (secondary N) is 1. The molecule has 3 heteroatoms. The number of nitrogens with zero attached hydrogens (tertiary/aromatic N) is 1. The Kier molecular flexibility index (Phi) is 4.84. The fourth-order valence-electron chi connectivity index (χ4n) is 2.71. The first-order chi connectivity index (χ1) is 8.70. The van der Waals surface area contributed by atoms with E-state index in [0.717, 1.165) is 31.8 Å². The van der Waals surface area contributed by atoms with E-state index >= 15 is 0 Å². The van der Waals surface area contributed by atoms with Gasteiger partial charge in [0.1, 0.15) is 5.76 Å². The topological polar surface area (TPSA) is 28.4 Å². The van der Waals surface area contributed by atoms with Crippen molar-refractivity contribution in [2.24, 2.45) is 5.92 Å². The van der Waals surface area contributed by atoms with E-state index in [9.17, 15) is 0 Å². The molecule has 1 aromatic rings. The van der Waals surface area contributed by atoms with Gasteiger partial charge in [-0.2, -0.15) is 0 Å². The molecule has 0 aromatic carbocycles. The van der Waals surface area contributed by atoms with Gasteiger partial charge in [0.15, 0.2) is 0 Å². The molecule has 1 aliphatic rings. The molecule has 1 saturated heterocycles. The maximum absolute atomic E-state index is 5.43. The van der Waals surface area contributed by atoms with E-state index in [-0.39, 0.29) is 0 Å². The van der Waals surface area contributed by atoms with Crippen molar-refractivity contribution in [1.82, 2.24) is 10.2 Å². The highest BCUT2D eigenvalue weighted by Crippen LogP contribution is 2.15. The zero-order chi connectivity index (χ0) is 13.0. The van der Waals surface area contributed by atoms with Crippen LogP contribution in [0.15, 0.2) is 22.8 Å². The van der Waals surface area contributed by atoms with Crippen LogP contribution in [0, 0.1) is 5.92 Å². The molecule has 0 radical (unpaired) electrons. The molecule has 1 aliphatic heterocycles. The number of hydrogen-bond donors (Lipinski definition) is 1. The first kappa shape index (κ1) is 13.6. The lowest BCUT2D eigenvalue weighted by atomic mass is 9.98. The highest BCUT2D eigenvalue weighted by atomic mass is 16.3. The molecule has 3 nitrogen and oxygen atoms in total. The highest BCUT2D eigenvalue weighted by Gasteiger charge is 2.27. The Balaban J connectivity index is 1.89.